The van der Waals surface area contributed by atoms with E-state index in [0.29, 0.717) is 5.69 Å². The van der Waals surface area contributed by atoms with Crippen molar-refractivity contribution in [2.75, 3.05) is 18.4 Å². The lowest BCUT2D eigenvalue weighted by Crippen LogP contribution is -2.29. The minimum Gasteiger partial charge on any atom is -0.321 e. The molecule has 0 radical (unpaired) electrons. The number of benzene rings is 1. The smallest absolute Gasteiger partial charge is 0.274 e. The molecule has 1 saturated heterocycles. The van der Waals surface area contributed by atoms with Crippen molar-refractivity contribution in [2.24, 2.45) is 0 Å². The summed E-state index contributed by atoms with van der Waals surface area (Å²) in [4.78, 5) is 18.6. The molecule has 1 N–H and O–H groups in total. The van der Waals surface area contributed by atoms with E-state index in [-0.39, 0.29) is 5.91 Å². The highest BCUT2D eigenvalue weighted by atomic mass is 16.1. The first-order valence-electron chi connectivity index (χ1n) is 7.85. The molecule has 1 aliphatic rings. The Bertz CT molecular complexity index is 604. The number of hydrogen-bond donors (Lipinski definition) is 1. The Morgan fingerprint density at radius 2 is 1.82 bits per heavy atom. The number of hydrogen-bond acceptors (Lipinski definition) is 3. The molecule has 1 amide bonds. The van der Waals surface area contributed by atoms with Gasteiger partial charge < -0.3 is 5.32 Å². The van der Waals surface area contributed by atoms with E-state index in [1.807, 2.05) is 18.2 Å². The number of nitrogens with one attached hydrogen (secondary N) is 1. The third-order valence-corrected chi connectivity index (χ3v) is 3.96. The van der Waals surface area contributed by atoms with Crippen LogP contribution in [0.25, 0.3) is 0 Å². The van der Waals surface area contributed by atoms with Crippen LogP contribution in [-0.2, 0) is 6.54 Å². The second-order valence-electron chi connectivity index (χ2n) is 5.70. The third-order valence-electron chi connectivity index (χ3n) is 3.96. The maximum Gasteiger partial charge on any atom is 0.274 e. The van der Waals surface area contributed by atoms with Crippen LogP contribution >= 0.6 is 0 Å². The third kappa shape index (κ3) is 3.92. The summed E-state index contributed by atoms with van der Waals surface area (Å²) in [5.74, 6) is -0.176. The van der Waals surface area contributed by atoms with Crippen LogP contribution in [0.15, 0.2) is 48.7 Å². The zero-order valence-corrected chi connectivity index (χ0v) is 12.7. The number of amides is 1. The van der Waals surface area contributed by atoms with Crippen molar-refractivity contribution in [3.05, 3.63) is 59.9 Å². The highest BCUT2D eigenvalue weighted by molar-refractivity contribution is 6.02. The molecule has 4 nitrogen and oxygen atoms in total. The van der Waals surface area contributed by atoms with E-state index in [1.165, 1.54) is 37.9 Å². The van der Waals surface area contributed by atoms with E-state index < -0.39 is 0 Å². The van der Waals surface area contributed by atoms with Gasteiger partial charge in [0, 0.05) is 18.4 Å². The number of piperidine rings is 1. The van der Waals surface area contributed by atoms with Crippen molar-refractivity contribution in [2.45, 2.75) is 25.8 Å². The summed E-state index contributed by atoms with van der Waals surface area (Å²) in [7, 11) is 0. The fourth-order valence-corrected chi connectivity index (χ4v) is 2.76. The molecule has 1 aromatic carbocycles. The van der Waals surface area contributed by atoms with E-state index in [9.17, 15) is 4.79 Å². The van der Waals surface area contributed by atoms with Gasteiger partial charge in [0.05, 0.1) is 0 Å². The number of anilines is 1. The zero-order chi connectivity index (χ0) is 15.2. The van der Waals surface area contributed by atoms with Crippen LogP contribution in [0, 0.1) is 0 Å². The molecule has 4 heteroatoms. The predicted octanol–water partition coefficient (Wildman–Crippen LogP) is 3.32. The van der Waals surface area contributed by atoms with Gasteiger partial charge in [-0.25, -0.2) is 0 Å². The summed E-state index contributed by atoms with van der Waals surface area (Å²) in [5, 5.41) is 2.87. The van der Waals surface area contributed by atoms with Crippen molar-refractivity contribution in [3.63, 3.8) is 0 Å². The SMILES string of the molecule is O=C(Nc1ccc(CN2CCCCC2)cc1)c1ccccn1. The van der Waals surface area contributed by atoms with Gasteiger partial charge in [0.2, 0.25) is 0 Å². The maximum atomic E-state index is 12.0. The van der Waals surface area contributed by atoms with Gasteiger partial charge in [-0.1, -0.05) is 24.6 Å². The van der Waals surface area contributed by atoms with Crippen molar-refractivity contribution < 1.29 is 4.79 Å². The summed E-state index contributed by atoms with van der Waals surface area (Å²) in [5.41, 5.74) is 2.52. The molecular formula is C18H21N3O. The molecule has 2 heterocycles. The number of carbonyl (C=O) groups is 1. The molecule has 114 valence electrons. The quantitative estimate of drug-likeness (QED) is 0.941. The molecule has 2 aromatic rings. The van der Waals surface area contributed by atoms with E-state index in [1.54, 1.807) is 18.3 Å². The monoisotopic (exact) mass is 295 g/mol. The molecule has 1 fully saturated rings. The highest BCUT2D eigenvalue weighted by Gasteiger charge is 2.11. The fourth-order valence-electron chi connectivity index (χ4n) is 2.76. The lowest BCUT2D eigenvalue weighted by molar-refractivity contribution is 0.102. The van der Waals surface area contributed by atoms with Gasteiger partial charge >= 0.3 is 0 Å². The normalized spacial score (nSPS) is 15.5. The van der Waals surface area contributed by atoms with Gasteiger partial charge in [-0.05, 0) is 55.8 Å². The molecule has 22 heavy (non-hydrogen) atoms. The van der Waals surface area contributed by atoms with Crippen molar-refractivity contribution in [1.82, 2.24) is 9.88 Å². The van der Waals surface area contributed by atoms with Crippen molar-refractivity contribution >= 4 is 11.6 Å². The Morgan fingerprint density at radius 1 is 1.05 bits per heavy atom. The van der Waals surface area contributed by atoms with E-state index in [0.717, 1.165) is 12.2 Å². The fraction of sp³-hybridized carbons (Fsp3) is 0.333. The number of carbonyl (C=O) groups excluding carboxylic acids is 1. The van der Waals surface area contributed by atoms with Gasteiger partial charge in [-0.3, -0.25) is 14.7 Å². The second-order valence-corrected chi connectivity index (χ2v) is 5.70. The Balaban J connectivity index is 1.58. The van der Waals surface area contributed by atoms with Gasteiger partial charge in [0.15, 0.2) is 0 Å². The number of likely N-dealkylation sites (tertiary alicyclic amines) is 1. The summed E-state index contributed by atoms with van der Waals surface area (Å²) < 4.78 is 0. The lowest BCUT2D eigenvalue weighted by atomic mass is 10.1. The molecule has 1 aromatic heterocycles. The Hall–Kier alpha value is -2.20. The Labute approximate surface area is 131 Å². The van der Waals surface area contributed by atoms with Gasteiger partial charge in [-0.2, -0.15) is 0 Å². The summed E-state index contributed by atoms with van der Waals surface area (Å²) in [6.45, 7) is 3.38. The van der Waals surface area contributed by atoms with Crippen molar-refractivity contribution in [1.29, 1.82) is 0 Å². The summed E-state index contributed by atoms with van der Waals surface area (Å²) in [6, 6.07) is 13.4. The van der Waals surface area contributed by atoms with Crippen LogP contribution < -0.4 is 5.32 Å². The second kappa shape index (κ2) is 7.18. The first kappa shape index (κ1) is 14.7. The first-order valence-corrected chi connectivity index (χ1v) is 7.85. The maximum absolute atomic E-state index is 12.0. The molecule has 0 saturated carbocycles. The van der Waals surface area contributed by atoms with Gasteiger partial charge in [0.1, 0.15) is 5.69 Å². The Morgan fingerprint density at radius 3 is 2.50 bits per heavy atom. The largest absolute Gasteiger partial charge is 0.321 e. The molecule has 0 spiro atoms. The molecule has 1 aliphatic heterocycles. The minimum atomic E-state index is -0.176. The van der Waals surface area contributed by atoms with Crippen LogP contribution in [0.5, 0.6) is 0 Å². The number of nitrogens with zero attached hydrogens (tertiary/aromatic N) is 2. The van der Waals surface area contributed by atoms with Crippen LogP contribution in [0.4, 0.5) is 5.69 Å². The standard InChI is InChI=1S/C18H21N3O/c22-18(17-6-2-3-11-19-17)20-16-9-7-15(8-10-16)14-21-12-4-1-5-13-21/h2-3,6-11H,1,4-5,12-14H2,(H,20,22). The predicted molar refractivity (Wildman–Crippen MR) is 87.8 cm³/mol. The summed E-state index contributed by atoms with van der Waals surface area (Å²) >= 11 is 0. The van der Waals surface area contributed by atoms with Crippen LogP contribution in [0.3, 0.4) is 0 Å². The van der Waals surface area contributed by atoms with Crippen molar-refractivity contribution in [3.8, 4) is 0 Å². The van der Waals surface area contributed by atoms with Crippen LogP contribution in [0.1, 0.15) is 35.3 Å². The molecule has 0 atom stereocenters. The Kier molecular flexibility index (Phi) is 4.81. The van der Waals surface area contributed by atoms with E-state index >= 15 is 0 Å². The molecule has 3 rings (SSSR count). The summed E-state index contributed by atoms with van der Waals surface area (Å²) in [6.07, 6.45) is 5.59. The van der Waals surface area contributed by atoms with Crippen LogP contribution in [0.2, 0.25) is 0 Å². The van der Waals surface area contributed by atoms with E-state index in [2.05, 4.69) is 27.3 Å². The topological polar surface area (TPSA) is 45.2 Å². The van der Waals surface area contributed by atoms with E-state index in [4.69, 9.17) is 0 Å². The van der Waals surface area contributed by atoms with Gasteiger partial charge in [0.25, 0.3) is 5.91 Å². The molecule has 0 aliphatic carbocycles. The average molecular weight is 295 g/mol. The first-order chi connectivity index (χ1) is 10.8. The number of aromatic nitrogens is 1. The molecule has 0 bridgehead atoms. The highest BCUT2D eigenvalue weighted by Crippen LogP contribution is 2.15. The molecular weight excluding hydrogens is 274 g/mol. The number of pyridine rings is 1. The van der Waals surface area contributed by atoms with Crippen LogP contribution in [-0.4, -0.2) is 28.9 Å². The minimum absolute atomic E-state index is 0.176. The average Bonchev–Trinajstić information content (AvgIpc) is 2.58. The lowest BCUT2D eigenvalue weighted by Gasteiger charge is -2.26. The molecule has 0 unspecified atom stereocenters. The van der Waals surface area contributed by atoms with Gasteiger partial charge in [-0.15, -0.1) is 0 Å². The number of rotatable bonds is 4. The zero-order valence-electron chi connectivity index (χ0n) is 12.7.